The SMILES string of the molecule is Cc1nnc(C2CN(C(=O)c3cccnc3)CC23CCN(CCOc2ccccc2)CC3)o1. The van der Waals surface area contributed by atoms with E-state index in [4.69, 9.17) is 9.15 Å². The van der Waals surface area contributed by atoms with Gasteiger partial charge in [0.25, 0.3) is 5.91 Å². The predicted octanol–water partition coefficient (Wildman–Crippen LogP) is 3.17. The maximum Gasteiger partial charge on any atom is 0.255 e. The predicted molar refractivity (Wildman–Crippen MR) is 122 cm³/mol. The van der Waals surface area contributed by atoms with Gasteiger partial charge in [0.2, 0.25) is 11.8 Å². The fourth-order valence-electron chi connectivity index (χ4n) is 5.13. The van der Waals surface area contributed by atoms with E-state index < -0.39 is 0 Å². The molecule has 0 bridgehead atoms. The van der Waals surface area contributed by atoms with Gasteiger partial charge in [-0.05, 0) is 50.2 Å². The molecule has 0 saturated carbocycles. The Bertz CT molecular complexity index is 1060. The number of hydrogen-bond donors (Lipinski definition) is 0. The topological polar surface area (TPSA) is 84.6 Å². The molecule has 8 nitrogen and oxygen atoms in total. The molecule has 1 spiro atoms. The largest absolute Gasteiger partial charge is 0.492 e. The zero-order valence-electron chi connectivity index (χ0n) is 18.9. The third kappa shape index (κ3) is 4.61. The lowest BCUT2D eigenvalue weighted by Crippen LogP contribution is -2.45. The number of aromatic nitrogens is 3. The highest BCUT2D eigenvalue weighted by Gasteiger charge is 2.52. The van der Waals surface area contributed by atoms with E-state index in [9.17, 15) is 4.79 Å². The van der Waals surface area contributed by atoms with Crippen molar-refractivity contribution in [2.45, 2.75) is 25.7 Å². The Balaban J connectivity index is 1.26. The van der Waals surface area contributed by atoms with Crippen LogP contribution in [0.25, 0.3) is 0 Å². The summed E-state index contributed by atoms with van der Waals surface area (Å²) in [6, 6.07) is 13.5. The first-order chi connectivity index (χ1) is 16.1. The van der Waals surface area contributed by atoms with Gasteiger partial charge in [-0.3, -0.25) is 14.7 Å². The van der Waals surface area contributed by atoms with Gasteiger partial charge in [-0.25, -0.2) is 0 Å². The van der Waals surface area contributed by atoms with E-state index in [0.29, 0.717) is 37.0 Å². The molecular formula is C25H29N5O3. The monoisotopic (exact) mass is 447 g/mol. The lowest BCUT2D eigenvalue weighted by atomic mass is 9.70. The minimum Gasteiger partial charge on any atom is -0.492 e. The summed E-state index contributed by atoms with van der Waals surface area (Å²) in [5.74, 6) is 2.17. The van der Waals surface area contributed by atoms with Crippen LogP contribution in [0.4, 0.5) is 0 Å². The summed E-state index contributed by atoms with van der Waals surface area (Å²) in [6.07, 6.45) is 5.26. The molecule has 1 atom stereocenters. The summed E-state index contributed by atoms with van der Waals surface area (Å²) >= 11 is 0. The fraction of sp³-hybridized carbons (Fsp3) is 0.440. The van der Waals surface area contributed by atoms with Crippen LogP contribution in [0.5, 0.6) is 5.75 Å². The second kappa shape index (κ2) is 9.31. The average Bonchev–Trinajstić information content (AvgIpc) is 3.45. The molecule has 0 aliphatic carbocycles. The molecule has 2 aliphatic rings. The second-order valence-corrected chi connectivity index (χ2v) is 9.00. The van der Waals surface area contributed by atoms with E-state index in [2.05, 4.69) is 20.1 Å². The number of pyridine rings is 1. The first-order valence-corrected chi connectivity index (χ1v) is 11.5. The first kappa shape index (κ1) is 21.6. The van der Waals surface area contributed by atoms with Crippen molar-refractivity contribution >= 4 is 5.91 Å². The van der Waals surface area contributed by atoms with Gasteiger partial charge >= 0.3 is 0 Å². The summed E-state index contributed by atoms with van der Waals surface area (Å²) in [6.45, 7) is 6.55. The van der Waals surface area contributed by atoms with Crippen molar-refractivity contribution in [2.24, 2.45) is 5.41 Å². The van der Waals surface area contributed by atoms with Gasteiger partial charge in [-0.2, -0.15) is 0 Å². The van der Waals surface area contributed by atoms with Crippen LogP contribution in [0.2, 0.25) is 0 Å². The number of para-hydroxylation sites is 1. The number of rotatable bonds is 6. The van der Waals surface area contributed by atoms with Gasteiger partial charge in [-0.15, -0.1) is 10.2 Å². The Morgan fingerprint density at radius 2 is 1.97 bits per heavy atom. The van der Waals surface area contributed by atoms with Crippen LogP contribution in [-0.2, 0) is 0 Å². The number of piperidine rings is 1. The van der Waals surface area contributed by atoms with Crippen LogP contribution in [-0.4, -0.2) is 70.2 Å². The Morgan fingerprint density at radius 3 is 2.67 bits per heavy atom. The number of benzene rings is 1. The third-order valence-corrected chi connectivity index (χ3v) is 6.95. The molecule has 33 heavy (non-hydrogen) atoms. The number of aryl methyl sites for hydroxylation is 1. The van der Waals surface area contributed by atoms with Crippen molar-refractivity contribution in [3.05, 3.63) is 72.2 Å². The summed E-state index contributed by atoms with van der Waals surface area (Å²) in [4.78, 5) is 21.7. The zero-order valence-corrected chi connectivity index (χ0v) is 18.9. The highest BCUT2D eigenvalue weighted by molar-refractivity contribution is 5.94. The molecule has 0 N–H and O–H groups in total. The van der Waals surface area contributed by atoms with E-state index in [1.165, 1.54) is 0 Å². The molecule has 1 amide bonds. The highest BCUT2D eigenvalue weighted by Crippen LogP contribution is 2.49. The van der Waals surface area contributed by atoms with Crippen LogP contribution in [0, 0.1) is 12.3 Å². The van der Waals surface area contributed by atoms with E-state index >= 15 is 0 Å². The van der Waals surface area contributed by atoms with Gasteiger partial charge in [-0.1, -0.05) is 18.2 Å². The van der Waals surface area contributed by atoms with E-state index in [1.54, 1.807) is 18.5 Å². The Morgan fingerprint density at radius 1 is 1.15 bits per heavy atom. The number of carbonyl (C=O) groups is 1. The van der Waals surface area contributed by atoms with Crippen LogP contribution in [0.15, 0.2) is 59.3 Å². The molecule has 2 fully saturated rings. The summed E-state index contributed by atoms with van der Waals surface area (Å²) in [7, 11) is 0. The fourth-order valence-corrected chi connectivity index (χ4v) is 5.13. The Labute approximate surface area is 193 Å². The minimum atomic E-state index is -0.0619. The third-order valence-electron chi connectivity index (χ3n) is 6.95. The van der Waals surface area contributed by atoms with Crippen LogP contribution >= 0.6 is 0 Å². The van der Waals surface area contributed by atoms with Gasteiger partial charge in [0.1, 0.15) is 12.4 Å². The zero-order chi connectivity index (χ0) is 22.7. The van der Waals surface area contributed by atoms with Crippen molar-refractivity contribution < 1.29 is 13.9 Å². The maximum absolute atomic E-state index is 13.2. The van der Waals surface area contributed by atoms with Crippen LogP contribution in [0.3, 0.4) is 0 Å². The van der Waals surface area contributed by atoms with Crippen LogP contribution in [0.1, 0.15) is 40.9 Å². The van der Waals surface area contributed by atoms with Crippen molar-refractivity contribution in [1.82, 2.24) is 25.0 Å². The van der Waals surface area contributed by atoms with Crippen LogP contribution < -0.4 is 4.74 Å². The lowest BCUT2D eigenvalue weighted by Gasteiger charge is -2.41. The van der Waals surface area contributed by atoms with Gasteiger partial charge in [0.05, 0.1) is 11.5 Å². The molecule has 2 aliphatic heterocycles. The number of carbonyl (C=O) groups excluding carboxylic acids is 1. The standard InChI is InChI=1S/C25H29N5O3/c1-19-27-28-23(33-19)22-17-30(24(31)20-6-5-11-26-16-20)18-25(22)9-12-29(13-10-25)14-15-32-21-7-3-2-4-8-21/h2-8,11,16,22H,9-10,12-15,17-18H2,1H3. The minimum absolute atomic E-state index is 0.0138. The number of ether oxygens (including phenoxy) is 1. The van der Waals surface area contributed by atoms with Crippen molar-refractivity contribution in [2.75, 3.05) is 39.3 Å². The normalized spacial score (nSPS) is 20.3. The van der Waals surface area contributed by atoms with E-state index in [1.807, 2.05) is 48.2 Å². The molecule has 5 rings (SSSR count). The van der Waals surface area contributed by atoms with Gasteiger partial charge in [0, 0.05) is 44.4 Å². The smallest absolute Gasteiger partial charge is 0.255 e. The first-order valence-electron chi connectivity index (χ1n) is 11.5. The maximum atomic E-state index is 13.2. The summed E-state index contributed by atoms with van der Waals surface area (Å²) in [5, 5.41) is 8.41. The molecule has 2 aromatic heterocycles. The number of hydrogen-bond acceptors (Lipinski definition) is 7. The quantitative estimate of drug-likeness (QED) is 0.574. The molecule has 172 valence electrons. The van der Waals surface area contributed by atoms with E-state index in [-0.39, 0.29) is 17.2 Å². The molecule has 8 heteroatoms. The van der Waals surface area contributed by atoms with Gasteiger partial charge < -0.3 is 14.1 Å². The lowest BCUT2D eigenvalue weighted by molar-refractivity contribution is 0.0674. The Kier molecular flexibility index (Phi) is 6.09. The molecule has 0 radical (unpaired) electrons. The van der Waals surface area contributed by atoms with Crippen molar-refractivity contribution in [3.8, 4) is 5.75 Å². The molecule has 2 saturated heterocycles. The highest BCUT2D eigenvalue weighted by atomic mass is 16.5. The van der Waals surface area contributed by atoms with Crippen molar-refractivity contribution in [1.29, 1.82) is 0 Å². The number of nitrogens with zero attached hydrogens (tertiary/aromatic N) is 5. The van der Waals surface area contributed by atoms with Crippen molar-refractivity contribution in [3.63, 3.8) is 0 Å². The average molecular weight is 448 g/mol. The number of amides is 1. The molecule has 4 heterocycles. The summed E-state index contributed by atoms with van der Waals surface area (Å²) in [5.41, 5.74) is 0.554. The van der Waals surface area contributed by atoms with E-state index in [0.717, 1.165) is 38.2 Å². The number of likely N-dealkylation sites (tertiary alicyclic amines) is 2. The molecular weight excluding hydrogens is 418 g/mol. The second-order valence-electron chi connectivity index (χ2n) is 9.00. The van der Waals surface area contributed by atoms with Gasteiger partial charge in [0.15, 0.2) is 0 Å². The molecule has 1 aromatic carbocycles. The summed E-state index contributed by atoms with van der Waals surface area (Å²) < 4.78 is 11.7. The molecule has 1 unspecified atom stereocenters. The Hall–Kier alpha value is -3.26. The molecule has 3 aromatic rings.